The zero-order valence-electron chi connectivity index (χ0n) is 19.6. The molecule has 1 atom stereocenters. The van der Waals surface area contributed by atoms with Gasteiger partial charge in [0.15, 0.2) is 5.76 Å². The summed E-state index contributed by atoms with van der Waals surface area (Å²) in [4.78, 5) is 21.2. The Morgan fingerprint density at radius 1 is 1.20 bits per heavy atom. The van der Waals surface area contributed by atoms with Gasteiger partial charge in [0.2, 0.25) is 27.5 Å². The van der Waals surface area contributed by atoms with E-state index in [2.05, 4.69) is 16.4 Å². The predicted octanol–water partition coefficient (Wildman–Crippen LogP) is 2.21. The number of carbonyl (C=O) groups excluding carboxylic acids is 1. The average molecular weight is 499 g/mol. The molecule has 1 amide bonds. The van der Waals surface area contributed by atoms with Crippen LogP contribution in [0.25, 0.3) is 11.7 Å². The fourth-order valence-corrected chi connectivity index (χ4v) is 4.72. The molecule has 0 spiro atoms. The van der Waals surface area contributed by atoms with Crippen molar-refractivity contribution in [2.24, 2.45) is 0 Å². The van der Waals surface area contributed by atoms with Gasteiger partial charge in [-0.15, -0.1) is 0 Å². The first-order chi connectivity index (χ1) is 16.7. The highest BCUT2D eigenvalue weighted by molar-refractivity contribution is 7.89. The van der Waals surface area contributed by atoms with Crippen LogP contribution in [0.4, 0.5) is 11.6 Å². The highest BCUT2D eigenvalue weighted by Crippen LogP contribution is 2.29. The molecule has 11 nitrogen and oxygen atoms in total. The summed E-state index contributed by atoms with van der Waals surface area (Å²) in [5.41, 5.74) is 0.595. The quantitative estimate of drug-likeness (QED) is 0.520. The molecule has 2 aromatic heterocycles. The molecule has 12 heteroatoms. The SMILES string of the molecule is CC(C(=O)Nc1cccc(S(=O)(=O)N(C)C)c1)N1CCN(c2oc(-c3ccco3)nc2C#N)CC1. The van der Waals surface area contributed by atoms with E-state index in [0.29, 0.717) is 43.5 Å². The van der Waals surface area contributed by atoms with Crippen molar-refractivity contribution in [2.45, 2.75) is 17.9 Å². The first kappa shape index (κ1) is 24.5. The molecule has 1 unspecified atom stereocenters. The average Bonchev–Trinajstić information content (AvgIpc) is 3.54. The van der Waals surface area contributed by atoms with E-state index in [-0.39, 0.29) is 22.4 Å². The van der Waals surface area contributed by atoms with Crippen molar-refractivity contribution in [3.8, 4) is 17.7 Å². The van der Waals surface area contributed by atoms with Crippen molar-refractivity contribution in [3.05, 3.63) is 48.4 Å². The summed E-state index contributed by atoms with van der Waals surface area (Å²) in [5.74, 6) is 0.833. The van der Waals surface area contributed by atoms with E-state index in [0.717, 1.165) is 4.31 Å². The number of nitrogens with zero attached hydrogens (tertiary/aromatic N) is 5. The maximum Gasteiger partial charge on any atom is 0.266 e. The van der Waals surface area contributed by atoms with Crippen LogP contribution in [-0.2, 0) is 14.8 Å². The number of nitrogens with one attached hydrogen (secondary N) is 1. The number of oxazole rings is 1. The first-order valence-corrected chi connectivity index (χ1v) is 12.4. The molecule has 0 saturated carbocycles. The molecule has 3 aromatic rings. The summed E-state index contributed by atoms with van der Waals surface area (Å²) in [7, 11) is -0.690. The molecule has 184 valence electrons. The highest BCUT2D eigenvalue weighted by atomic mass is 32.2. The summed E-state index contributed by atoms with van der Waals surface area (Å²) < 4.78 is 37.0. The zero-order valence-corrected chi connectivity index (χ0v) is 20.4. The number of aromatic nitrogens is 1. The second-order valence-corrected chi connectivity index (χ2v) is 10.4. The Bertz CT molecular complexity index is 1330. The van der Waals surface area contributed by atoms with E-state index in [1.165, 1.54) is 32.5 Å². The fraction of sp³-hybridized carbons (Fsp3) is 0.348. The third kappa shape index (κ3) is 5.07. The molecule has 1 N–H and O–H groups in total. The van der Waals surface area contributed by atoms with Crippen LogP contribution < -0.4 is 10.2 Å². The number of hydrogen-bond acceptors (Lipinski definition) is 9. The summed E-state index contributed by atoms with van der Waals surface area (Å²) in [5, 5.41) is 12.3. The molecular formula is C23H26N6O5S. The summed E-state index contributed by atoms with van der Waals surface area (Å²) in [6, 6.07) is 11.2. The monoisotopic (exact) mass is 498 g/mol. The van der Waals surface area contributed by atoms with Crippen molar-refractivity contribution in [3.63, 3.8) is 0 Å². The van der Waals surface area contributed by atoms with E-state index >= 15 is 0 Å². The number of hydrogen-bond donors (Lipinski definition) is 1. The standard InChI is InChI=1S/C23H26N6O5S/c1-16(21(30)25-17-6-4-7-18(14-17)35(31,32)27(2)3)28-9-11-29(12-10-28)23-19(15-24)26-22(34-23)20-8-5-13-33-20/h4-8,13-14,16H,9-12H2,1-3H3,(H,25,30). The van der Waals surface area contributed by atoms with Gasteiger partial charge >= 0.3 is 0 Å². The van der Waals surface area contributed by atoms with Gasteiger partial charge in [0, 0.05) is 46.0 Å². The lowest BCUT2D eigenvalue weighted by atomic mass is 10.2. The van der Waals surface area contributed by atoms with Gasteiger partial charge < -0.3 is 19.1 Å². The van der Waals surface area contributed by atoms with Crippen LogP contribution in [0.1, 0.15) is 12.6 Å². The van der Waals surface area contributed by atoms with Crippen LogP contribution in [0.2, 0.25) is 0 Å². The lowest BCUT2D eigenvalue weighted by Crippen LogP contribution is -2.52. The minimum atomic E-state index is -3.60. The van der Waals surface area contributed by atoms with Crippen molar-refractivity contribution >= 4 is 27.5 Å². The fourth-order valence-electron chi connectivity index (χ4n) is 3.77. The van der Waals surface area contributed by atoms with Gasteiger partial charge in [-0.25, -0.2) is 12.7 Å². The minimum absolute atomic E-state index is 0.107. The molecule has 3 heterocycles. The number of nitriles is 1. The highest BCUT2D eigenvalue weighted by Gasteiger charge is 2.29. The molecule has 4 rings (SSSR count). The number of anilines is 2. The Balaban J connectivity index is 1.39. The Morgan fingerprint density at radius 3 is 2.57 bits per heavy atom. The predicted molar refractivity (Wildman–Crippen MR) is 128 cm³/mol. The molecule has 0 radical (unpaired) electrons. The number of carbonyl (C=O) groups is 1. The second-order valence-electron chi connectivity index (χ2n) is 8.27. The minimum Gasteiger partial charge on any atom is -0.459 e. The molecule has 1 aliphatic heterocycles. The van der Waals surface area contributed by atoms with Crippen LogP contribution in [0.15, 0.2) is 56.4 Å². The number of furan rings is 1. The van der Waals surface area contributed by atoms with Gasteiger partial charge in [0.25, 0.3) is 5.89 Å². The van der Waals surface area contributed by atoms with Crippen molar-refractivity contribution in [1.29, 1.82) is 5.26 Å². The summed E-state index contributed by atoms with van der Waals surface area (Å²) >= 11 is 0. The molecule has 1 aliphatic rings. The molecule has 1 saturated heterocycles. The largest absolute Gasteiger partial charge is 0.459 e. The van der Waals surface area contributed by atoms with Gasteiger partial charge in [0.1, 0.15) is 6.07 Å². The van der Waals surface area contributed by atoms with Gasteiger partial charge in [-0.3, -0.25) is 9.69 Å². The zero-order chi connectivity index (χ0) is 25.2. The molecular weight excluding hydrogens is 472 g/mol. The number of amides is 1. The van der Waals surface area contributed by atoms with Crippen LogP contribution in [0, 0.1) is 11.3 Å². The molecule has 0 aliphatic carbocycles. The lowest BCUT2D eigenvalue weighted by Gasteiger charge is -2.37. The van der Waals surface area contributed by atoms with Gasteiger partial charge in [0.05, 0.1) is 17.2 Å². The number of rotatable bonds is 7. The summed E-state index contributed by atoms with van der Waals surface area (Å²) in [6.45, 7) is 4.00. The Kier molecular flexibility index (Phi) is 6.93. The maximum absolute atomic E-state index is 12.9. The van der Waals surface area contributed by atoms with E-state index in [4.69, 9.17) is 8.83 Å². The third-order valence-corrected chi connectivity index (χ3v) is 7.67. The topological polar surface area (TPSA) is 136 Å². The Hall–Kier alpha value is -3.66. The van der Waals surface area contributed by atoms with Gasteiger partial charge in [-0.2, -0.15) is 10.2 Å². The summed E-state index contributed by atoms with van der Waals surface area (Å²) in [6.07, 6.45) is 1.51. The number of benzene rings is 1. The van der Waals surface area contributed by atoms with E-state index in [9.17, 15) is 18.5 Å². The van der Waals surface area contributed by atoms with Gasteiger partial charge in [-0.1, -0.05) is 6.07 Å². The molecule has 1 fully saturated rings. The van der Waals surface area contributed by atoms with Gasteiger partial charge in [-0.05, 0) is 37.3 Å². The van der Waals surface area contributed by atoms with E-state index < -0.39 is 16.1 Å². The van der Waals surface area contributed by atoms with Crippen LogP contribution >= 0.6 is 0 Å². The van der Waals surface area contributed by atoms with E-state index in [1.807, 2.05) is 9.80 Å². The van der Waals surface area contributed by atoms with E-state index in [1.54, 1.807) is 31.2 Å². The third-order valence-electron chi connectivity index (χ3n) is 5.86. The smallest absolute Gasteiger partial charge is 0.266 e. The van der Waals surface area contributed by atoms with Crippen LogP contribution in [-0.4, -0.2) is 74.8 Å². The lowest BCUT2D eigenvalue weighted by molar-refractivity contribution is -0.120. The molecule has 0 bridgehead atoms. The first-order valence-electron chi connectivity index (χ1n) is 11.0. The number of sulfonamides is 1. The maximum atomic E-state index is 12.9. The molecule has 35 heavy (non-hydrogen) atoms. The Morgan fingerprint density at radius 2 is 1.94 bits per heavy atom. The van der Waals surface area contributed by atoms with Crippen LogP contribution in [0.5, 0.6) is 0 Å². The van der Waals surface area contributed by atoms with Crippen molar-refractivity contribution in [2.75, 3.05) is 50.5 Å². The van der Waals surface area contributed by atoms with Crippen molar-refractivity contribution in [1.82, 2.24) is 14.2 Å². The molecule has 1 aromatic carbocycles. The number of piperazine rings is 1. The second kappa shape index (κ2) is 9.91. The van der Waals surface area contributed by atoms with Crippen LogP contribution in [0.3, 0.4) is 0 Å². The normalized spacial score (nSPS) is 15.7. The Labute approximate surface area is 203 Å². The van der Waals surface area contributed by atoms with Crippen molar-refractivity contribution < 1.29 is 22.0 Å².